The molecule has 0 aromatic carbocycles. The van der Waals surface area contributed by atoms with Crippen molar-refractivity contribution in [2.75, 3.05) is 31.2 Å². The van der Waals surface area contributed by atoms with Crippen LogP contribution in [-0.2, 0) is 9.47 Å². The Bertz CT molecular complexity index is 454. The zero-order valence-corrected chi connectivity index (χ0v) is 13.0. The van der Waals surface area contributed by atoms with E-state index in [4.69, 9.17) is 9.47 Å². The molecule has 2 atom stereocenters. The molecule has 0 amide bonds. The summed E-state index contributed by atoms with van der Waals surface area (Å²) in [5, 5.41) is 0. The zero-order chi connectivity index (χ0) is 14.7. The summed E-state index contributed by atoms with van der Waals surface area (Å²) in [6.45, 7) is 7.81. The van der Waals surface area contributed by atoms with E-state index in [9.17, 15) is 0 Å². The van der Waals surface area contributed by atoms with Crippen LogP contribution in [-0.4, -0.2) is 48.5 Å². The van der Waals surface area contributed by atoms with E-state index in [2.05, 4.69) is 28.7 Å². The highest BCUT2D eigenvalue weighted by atomic mass is 16.5. The van der Waals surface area contributed by atoms with Gasteiger partial charge in [0, 0.05) is 31.3 Å². The second-order valence-corrected chi connectivity index (χ2v) is 6.46. The molecule has 21 heavy (non-hydrogen) atoms. The molecule has 5 heteroatoms. The third-order valence-electron chi connectivity index (χ3n) is 4.58. The predicted molar refractivity (Wildman–Crippen MR) is 81.4 cm³/mol. The molecule has 0 bridgehead atoms. The Balaban J connectivity index is 1.77. The summed E-state index contributed by atoms with van der Waals surface area (Å²) in [5.41, 5.74) is 0.103. The van der Waals surface area contributed by atoms with Crippen LogP contribution < -0.4 is 4.90 Å². The predicted octanol–water partition coefficient (Wildman–Crippen LogP) is 2.28. The van der Waals surface area contributed by atoms with E-state index < -0.39 is 0 Å². The van der Waals surface area contributed by atoms with E-state index in [0.717, 1.165) is 45.0 Å². The Morgan fingerprint density at radius 1 is 1.52 bits per heavy atom. The van der Waals surface area contributed by atoms with Crippen LogP contribution in [0.5, 0.6) is 0 Å². The van der Waals surface area contributed by atoms with Gasteiger partial charge in [-0.3, -0.25) is 0 Å². The molecular formula is C16H25N3O2. The summed E-state index contributed by atoms with van der Waals surface area (Å²) in [7, 11) is 0. The summed E-state index contributed by atoms with van der Waals surface area (Å²) in [6.07, 6.45) is 7.35. The van der Waals surface area contributed by atoms with Gasteiger partial charge < -0.3 is 14.4 Å². The molecule has 0 spiro atoms. The van der Waals surface area contributed by atoms with E-state index in [1.54, 1.807) is 6.33 Å². The van der Waals surface area contributed by atoms with Crippen molar-refractivity contribution >= 4 is 5.82 Å². The van der Waals surface area contributed by atoms with E-state index in [1.165, 1.54) is 6.42 Å². The van der Waals surface area contributed by atoms with Crippen LogP contribution in [0, 0.1) is 5.41 Å². The number of fused-ring (bicyclic) bond motifs is 1. The van der Waals surface area contributed by atoms with Crippen LogP contribution in [0.4, 0.5) is 5.82 Å². The van der Waals surface area contributed by atoms with Crippen LogP contribution in [0.2, 0.25) is 0 Å². The third kappa shape index (κ3) is 3.19. The van der Waals surface area contributed by atoms with Crippen molar-refractivity contribution in [3.05, 3.63) is 18.6 Å². The van der Waals surface area contributed by atoms with Gasteiger partial charge in [-0.2, -0.15) is 0 Å². The quantitative estimate of drug-likeness (QED) is 0.851. The van der Waals surface area contributed by atoms with E-state index in [-0.39, 0.29) is 11.5 Å². The minimum absolute atomic E-state index is 0.103. The number of rotatable bonds is 4. The van der Waals surface area contributed by atoms with Gasteiger partial charge in [0.15, 0.2) is 0 Å². The maximum Gasteiger partial charge on any atom is 0.131 e. The van der Waals surface area contributed by atoms with Crippen molar-refractivity contribution in [2.24, 2.45) is 5.41 Å². The Labute approximate surface area is 126 Å². The highest BCUT2D eigenvalue weighted by Gasteiger charge is 2.46. The Hall–Kier alpha value is -1.20. The fourth-order valence-corrected chi connectivity index (χ4v) is 3.50. The number of anilines is 1. The molecule has 1 aromatic rings. The average molecular weight is 291 g/mol. The maximum absolute atomic E-state index is 6.06. The third-order valence-corrected chi connectivity index (χ3v) is 4.58. The average Bonchev–Trinajstić information content (AvgIpc) is 2.53. The van der Waals surface area contributed by atoms with E-state index in [0.29, 0.717) is 6.10 Å². The molecule has 0 unspecified atom stereocenters. The van der Waals surface area contributed by atoms with Crippen molar-refractivity contribution in [2.45, 2.75) is 45.3 Å². The van der Waals surface area contributed by atoms with E-state index in [1.807, 2.05) is 12.3 Å². The zero-order valence-electron chi connectivity index (χ0n) is 13.0. The smallest absolute Gasteiger partial charge is 0.131 e. The van der Waals surface area contributed by atoms with Gasteiger partial charge in [-0.1, -0.05) is 0 Å². The van der Waals surface area contributed by atoms with E-state index >= 15 is 0 Å². The van der Waals surface area contributed by atoms with Crippen molar-refractivity contribution < 1.29 is 9.47 Å². The molecule has 2 aliphatic heterocycles. The summed E-state index contributed by atoms with van der Waals surface area (Å²) < 4.78 is 12.0. The van der Waals surface area contributed by atoms with Crippen LogP contribution in [0.25, 0.3) is 0 Å². The molecule has 3 heterocycles. The standard InChI is InChI=1S/C16H25N3O2/c1-13(2)21-11-16-6-3-9-20-14(16)5-8-19(10-16)15-4-7-17-12-18-15/h4,7,12-14H,3,5-6,8-11H2,1-2H3/t14-,16-/m0/s1. The van der Waals surface area contributed by atoms with Crippen molar-refractivity contribution in [3.8, 4) is 0 Å². The Morgan fingerprint density at radius 2 is 2.43 bits per heavy atom. The van der Waals surface area contributed by atoms with Crippen LogP contribution in [0.15, 0.2) is 18.6 Å². The minimum Gasteiger partial charge on any atom is -0.378 e. The van der Waals surface area contributed by atoms with Gasteiger partial charge in [-0.05, 0) is 39.2 Å². The second kappa shape index (κ2) is 6.28. The first-order valence-corrected chi connectivity index (χ1v) is 7.94. The first-order chi connectivity index (χ1) is 10.2. The Kier molecular flexibility index (Phi) is 4.40. The van der Waals surface area contributed by atoms with Gasteiger partial charge in [0.1, 0.15) is 12.1 Å². The SMILES string of the molecule is CC(C)OC[C@@]12CCCO[C@H]1CCN(c1ccncn1)C2. The van der Waals surface area contributed by atoms with Gasteiger partial charge in [-0.15, -0.1) is 0 Å². The van der Waals surface area contributed by atoms with Crippen molar-refractivity contribution in [1.29, 1.82) is 0 Å². The molecule has 2 saturated heterocycles. The van der Waals surface area contributed by atoms with Crippen molar-refractivity contribution in [1.82, 2.24) is 9.97 Å². The van der Waals surface area contributed by atoms with Crippen LogP contribution >= 0.6 is 0 Å². The highest BCUT2D eigenvalue weighted by molar-refractivity contribution is 5.38. The normalized spacial score (nSPS) is 29.5. The molecule has 2 fully saturated rings. The fourth-order valence-electron chi connectivity index (χ4n) is 3.50. The topological polar surface area (TPSA) is 47.5 Å². The lowest BCUT2D eigenvalue weighted by molar-refractivity contribution is -0.132. The first-order valence-electron chi connectivity index (χ1n) is 7.94. The van der Waals surface area contributed by atoms with Gasteiger partial charge >= 0.3 is 0 Å². The van der Waals surface area contributed by atoms with Crippen LogP contribution in [0.3, 0.4) is 0 Å². The van der Waals surface area contributed by atoms with Gasteiger partial charge in [0.2, 0.25) is 0 Å². The number of aromatic nitrogens is 2. The highest BCUT2D eigenvalue weighted by Crippen LogP contribution is 2.41. The molecule has 0 radical (unpaired) electrons. The molecular weight excluding hydrogens is 266 g/mol. The lowest BCUT2D eigenvalue weighted by atomic mass is 9.73. The molecule has 2 aliphatic rings. The lowest BCUT2D eigenvalue weighted by Gasteiger charge is -2.50. The number of hydrogen-bond donors (Lipinski definition) is 0. The number of hydrogen-bond acceptors (Lipinski definition) is 5. The minimum atomic E-state index is 0.103. The summed E-state index contributed by atoms with van der Waals surface area (Å²) >= 11 is 0. The number of nitrogens with zero attached hydrogens (tertiary/aromatic N) is 3. The van der Waals surface area contributed by atoms with Gasteiger partial charge in [0.25, 0.3) is 0 Å². The van der Waals surface area contributed by atoms with Crippen molar-refractivity contribution in [3.63, 3.8) is 0 Å². The number of ether oxygens (including phenoxy) is 2. The molecule has 5 nitrogen and oxygen atoms in total. The summed E-state index contributed by atoms with van der Waals surface area (Å²) in [4.78, 5) is 10.8. The molecule has 3 rings (SSSR count). The maximum atomic E-state index is 6.06. The fraction of sp³-hybridized carbons (Fsp3) is 0.750. The molecule has 0 N–H and O–H groups in total. The Morgan fingerprint density at radius 3 is 3.19 bits per heavy atom. The van der Waals surface area contributed by atoms with Gasteiger partial charge in [0.05, 0.1) is 18.8 Å². The summed E-state index contributed by atoms with van der Waals surface area (Å²) in [6, 6.07) is 1.99. The number of piperidine rings is 1. The second-order valence-electron chi connectivity index (χ2n) is 6.46. The molecule has 1 aromatic heterocycles. The molecule has 116 valence electrons. The first kappa shape index (κ1) is 14.7. The molecule has 0 aliphatic carbocycles. The largest absolute Gasteiger partial charge is 0.378 e. The van der Waals surface area contributed by atoms with Crippen LogP contribution in [0.1, 0.15) is 33.1 Å². The van der Waals surface area contributed by atoms with Gasteiger partial charge in [-0.25, -0.2) is 9.97 Å². The lowest BCUT2D eigenvalue weighted by Crippen LogP contribution is -2.57. The monoisotopic (exact) mass is 291 g/mol. The summed E-state index contributed by atoms with van der Waals surface area (Å²) in [5.74, 6) is 1.01. The molecule has 0 saturated carbocycles.